The number of hydrogen-bond acceptors (Lipinski definition) is 5. The molecule has 0 spiro atoms. The number of rotatable bonds is 4. The lowest BCUT2D eigenvalue weighted by Gasteiger charge is -2.25. The van der Waals surface area contributed by atoms with Gasteiger partial charge in [-0.1, -0.05) is 98.9 Å². The van der Waals surface area contributed by atoms with Crippen LogP contribution in [-0.4, -0.2) is 17.6 Å². The van der Waals surface area contributed by atoms with Crippen molar-refractivity contribution in [3.8, 4) is 0 Å². The second-order valence-corrected chi connectivity index (χ2v) is 10.2. The van der Waals surface area contributed by atoms with E-state index in [-0.39, 0.29) is 11.0 Å². The van der Waals surface area contributed by atoms with E-state index in [1.165, 1.54) is 24.0 Å². The van der Waals surface area contributed by atoms with Crippen molar-refractivity contribution in [2.45, 2.75) is 39.2 Å². The van der Waals surface area contributed by atoms with Crippen molar-refractivity contribution < 1.29 is 9.53 Å². The number of fused-ring (bicyclic) bond motifs is 1. The first-order valence-electron chi connectivity index (χ1n) is 11.1. The van der Waals surface area contributed by atoms with Crippen molar-refractivity contribution in [1.82, 2.24) is 4.57 Å². The summed E-state index contributed by atoms with van der Waals surface area (Å²) in [7, 11) is 1.35. The van der Waals surface area contributed by atoms with Gasteiger partial charge < -0.3 is 4.74 Å². The number of allylic oxidation sites excluding steroid dienone is 2. The van der Waals surface area contributed by atoms with Gasteiger partial charge in [-0.2, -0.15) is 0 Å². The fourth-order valence-corrected chi connectivity index (χ4v) is 5.00. The summed E-state index contributed by atoms with van der Waals surface area (Å²) in [5, 5.41) is 0. The molecule has 0 amide bonds. The van der Waals surface area contributed by atoms with E-state index in [0.29, 0.717) is 20.6 Å². The molecule has 0 aliphatic carbocycles. The first-order chi connectivity index (χ1) is 16.2. The van der Waals surface area contributed by atoms with E-state index in [2.05, 4.69) is 37.9 Å². The van der Waals surface area contributed by atoms with Gasteiger partial charge in [0.05, 0.1) is 29.0 Å². The standard InChI is InChI=1S/C28H28N2O3S/c1-18-23(26(32)33-5)24(20-14-16-21(17-15-20)28(2,3)4)30-25(31)22(34-27(30)29-18)13-9-12-19-10-7-6-8-11-19/h6-17,24H,1-5H3/b12-9+,22-13+/t24-/m0/s1. The molecule has 5 nitrogen and oxygen atoms in total. The lowest BCUT2D eigenvalue weighted by atomic mass is 9.85. The summed E-state index contributed by atoms with van der Waals surface area (Å²) in [6.07, 6.45) is 5.61. The molecule has 1 aliphatic heterocycles. The minimum absolute atomic E-state index is 0.00500. The molecular weight excluding hydrogens is 444 g/mol. The Kier molecular flexibility index (Phi) is 6.53. The van der Waals surface area contributed by atoms with E-state index < -0.39 is 12.0 Å². The van der Waals surface area contributed by atoms with Crippen LogP contribution in [-0.2, 0) is 14.9 Å². The Labute approximate surface area is 203 Å². The number of aromatic nitrogens is 1. The summed E-state index contributed by atoms with van der Waals surface area (Å²) in [4.78, 5) is 31.4. The molecule has 2 heterocycles. The van der Waals surface area contributed by atoms with E-state index in [0.717, 1.165) is 11.1 Å². The topological polar surface area (TPSA) is 60.7 Å². The molecule has 174 valence electrons. The Balaban J connectivity index is 1.85. The highest BCUT2D eigenvalue weighted by Crippen LogP contribution is 2.32. The van der Waals surface area contributed by atoms with Gasteiger partial charge >= 0.3 is 5.97 Å². The molecule has 0 unspecified atom stereocenters. The number of nitrogens with zero attached hydrogens (tertiary/aromatic N) is 2. The molecule has 1 aliphatic rings. The third kappa shape index (κ3) is 4.59. The van der Waals surface area contributed by atoms with Crippen molar-refractivity contribution in [2.24, 2.45) is 4.99 Å². The molecular formula is C28H28N2O3S. The average molecular weight is 473 g/mol. The van der Waals surface area contributed by atoms with Gasteiger partial charge in [-0.3, -0.25) is 9.36 Å². The summed E-state index contributed by atoms with van der Waals surface area (Å²) < 4.78 is 7.24. The molecule has 6 heteroatoms. The Hall–Kier alpha value is -3.51. The highest BCUT2D eigenvalue weighted by Gasteiger charge is 2.33. The van der Waals surface area contributed by atoms with Gasteiger partial charge in [-0.25, -0.2) is 9.79 Å². The zero-order valence-corrected chi connectivity index (χ0v) is 20.8. The van der Waals surface area contributed by atoms with Gasteiger partial charge in [0.25, 0.3) is 5.56 Å². The van der Waals surface area contributed by atoms with Crippen molar-refractivity contribution in [3.63, 3.8) is 0 Å². The van der Waals surface area contributed by atoms with Crippen LogP contribution in [0.1, 0.15) is 50.4 Å². The maximum absolute atomic E-state index is 13.5. The summed E-state index contributed by atoms with van der Waals surface area (Å²) in [6, 6.07) is 17.4. The van der Waals surface area contributed by atoms with Crippen molar-refractivity contribution in [3.05, 3.63) is 108 Å². The van der Waals surface area contributed by atoms with Crippen LogP contribution in [0.4, 0.5) is 0 Å². The number of benzene rings is 2. The third-order valence-electron chi connectivity index (χ3n) is 5.86. The maximum Gasteiger partial charge on any atom is 0.338 e. The van der Waals surface area contributed by atoms with Crippen LogP contribution in [0.2, 0.25) is 0 Å². The normalized spacial score (nSPS) is 16.5. The minimum Gasteiger partial charge on any atom is -0.466 e. The van der Waals surface area contributed by atoms with Crippen LogP contribution in [0.3, 0.4) is 0 Å². The predicted octanol–water partition coefficient (Wildman–Crippen LogP) is 4.37. The van der Waals surface area contributed by atoms with Crippen molar-refractivity contribution >= 4 is 29.5 Å². The van der Waals surface area contributed by atoms with Crippen molar-refractivity contribution in [2.75, 3.05) is 7.11 Å². The van der Waals surface area contributed by atoms with Crippen LogP contribution in [0, 0.1) is 0 Å². The minimum atomic E-state index is -0.599. The first-order valence-corrected chi connectivity index (χ1v) is 12.0. The molecule has 1 atom stereocenters. The SMILES string of the molecule is COC(=O)C1=C(C)N=c2s/c(=C/C=C/c3ccccc3)c(=O)n2[C@H]1c1ccc(C(C)(C)C)cc1. The quantitative estimate of drug-likeness (QED) is 0.530. The van der Waals surface area contributed by atoms with Gasteiger partial charge in [0.2, 0.25) is 0 Å². The molecule has 34 heavy (non-hydrogen) atoms. The second kappa shape index (κ2) is 9.39. The highest BCUT2D eigenvalue weighted by molar-refractivity contribution is 7.07. The molecule has 0 fully saturated rings. The van der Waals surface area contributed by atoms with E-state index in [1.807, 2.05) is 54.6 Å². The van der Waals surface area contributed by atoms with Crippen LogP contribution >= 0.6 is 11.3 Å². The fraction of sp³-hybridized carbons (Fsp3) is 0.250. The van der Waals surface area contributed by atoms with Crippen molar-refractivity contribution in [1.29, 1.82) is 0 Å². The molecule has 0 N–H and O–H groups in total. The summed E-state index contributed by atoms with van der Waals surface area (Å²) in [6.45, 7) is 8.24. The number of ether oxygens (including phenoxy) is 1. The zero-order chi connectivity index (χ0) is 24.5. The van der Waals surface area contributed by atoms with Crippen LogP contribution < -0.4 is 14.9 Å². The number of esters is 1. The summed E-state index contributed by atoms with van der Waals surface area (Å²) >= 11 is 1.32. The Morgan fingerprint density at radius 1 is 1.09 bits per heavy atom. The molecule has 4 rings (SSSR count). The lowest BCUT2D eigenvalue weighted by molar-refractivity contribution is -0.136. The number of thiazole rings is 1. The lowest BCUT2D eigenvalue weighted by Crippen LogP contribution is -2.39. The van der Waals surface area contributed by atoms with Gasteiger partial charge in [0.15, 0.2) is 4.80 Å². The summed E-state index contributed by atoms with van der Waals surface area (Å²) in [5.41, 5.74) is 3.82. The average Bonchev–Trinajstić information content (AvgIpc) is 3.12. The second-order valence-electron chi connectivity index (χ2n) is 9.24. The smallest absolute Gasteiger partial charge is 0.338 e. The monoisotopic (exact) mass is 472 g/mol. The molecule has 1 aromatic heterocycles. The highest BCUT2D eigenvalue weighted by atomic mass is 32.1. The van der Waals surface area contributed by atoms with Gasteiger partial charge in [0, 0.05) is 0 Å². The zero-order valence-electron chi connectivity index (χ0n) is 20.0. The van der Waals surface area contributed by atoms with Gasteiger partial charge in [-0.05, 0) is 35.1 Å². The fourth-order valence-electron chi connectivity index (χ4n) is 4.00. The van der Waals surface area contributed by atoms with E-state index in [4.69, 9.17) is 4.74 Å². The Bertz CT molecular complexity index is 1450. The largest absolute Gasteiger partial charge is 0.466 e. The Morgan fingerprint density at radius 2 is 1.76 bits per heavy atom. The van der Waals surface area contributed by atoms with Gasteiger partial charge in [0.1, 0.15) is 0 Å². The van der Waals surface area contributed by atoms with E-state index >= 15 is 0 Å². The number of hydrogen-bond donors (Lipinski definition) is 0. The van der Waals surface area contributed by atoms with Crippen LogP contribution in [0.15, 0.2) is 81.7 Å². The number of methoxy groups -OCH3 is 1. The number of carbonyl (C=O) groups excluding carboxylic acids is 1. The van der Waals surface area contributed by atoms with Gasteiger partial charge in [-0.15, -0.1) is 0 Å². The predicted molar refractivity (Wildman–Crippen MR) is 137 cm³/mol. The molecule has 0 radical (unpaired) electrons. The molecule has 0 saturated heterocycles. The van der Waals surface area contributed by atoms with E-state index in [1.54, 1.807) is 17.6 Å². The summed E-state index contributed by atoms with van der Waals surface area (Å²) in [5.74, 6) is -0.482. The maximum atomic E-state index is 13.5. The molecule has 0 saturated carbocycles. The third-order valence-corrected chi connectivity index (χ3v) is 6.86. The first kappa shape index (κ1) is 23.6. The molecule has 3 aromatic rings. The van der Waals surface area contributed by atoms with Crippen LogP contribution in [0.25, 0.3) is 12.2 Å². The van der Waals surface area contributed by atoms with Crippen LogP contribution in [0.5, 0.6) is 0 Å². The molecule has 2 aromatic carbocycles. The molecule has 0 bridgehead atoms. The Morgan fingerprint density at radius 3 is 2.38 bits per heavy atom. The van der Waals surface area contributed by atoms with E-state index in [9.17, 15) is 9.59 Å². The number of carbonyl (C=O) groups is 1.